The molecule has 0 saturated carbocycles. The molecule has 6 heteroatoms. The highest BCUT2D eigenvalue weighted by Gasteiger charge is 2.50. The lowest BCUT2D eigenvalue weighted by atomic mass is 10.0. The van der Waals surface area contributed by atoms with Gasteiger partial charge in [-0.15, -0.1) is 0 Å². The largest absolute Gasteiger partial charge is 0.479 e. The number of rotatable bonds is 2. The van der Waals surface area contributed by atoms with Crippen LogP contribution in [0.4, 0.5) is 0 Å². The van der Waals surface area contributed by atoms with E-state index in [1.54, 1.807) is 0 Å². The molecular formula is C6H8O6. The highest BCUT2D eigenvalue weighted by Crippen LogP contribution is 2.25. The fraction of sp³-hybridized carbons (Fsp3) is 0.667. The van der Waals surface area contributed by atoms with Crippen LogP contribution in [0.5, 0.6) is 0 Å². The van der Waals surface area contributed by atoms with Gasteiger partial charge in [0.25, 0.3) is 0 Å². The molecule has 0 amide bonds. The lowest BCUT2D eigenvalue weighted by molar-refractivity contribution is -0.163. The van der Waals surface area contributed by atoms with Crippen LogP contribution < -0.4 is 0 Å². The minimum absolute atomic E-state index is 0.405. The van der Waals surface area contributed by atoms with E-state index < -0.39 is 36.7 Å². The van der Waals surface area contributed by atoms with Crippen LogP contribution in [0.3, 0.4) is 0 Å². The lowest BCUT2D eigenvalue weighted by Crippen LogP contribution is -2.38. The predicted octanol–water partition coefficient (Wildman–Crippen LogP) is -1.89. The van der Waals surface area contributed by atoms with E-state index in [4.69, 9.17) is 10.2 Å². The second kappa shape index (κ2) is 2.72. The topological polar surface area (TPSA) is 104 Å². The Labute approximate surface area is 67.4 Å². The maximum atomic E-state index is 10.7. The molecule has 1 aliphatic heterocycles. The van der Waals surface area contributed by atoms with E-state index in [0.717, 1.165) is 0 Å². The van der Waals surface area contributed by atoms with Crippen LogP contribution in [0.25, 0.3) is 0 Å². The van der Waals surface area contributed by atoms with Gasteiger partial charge < -0.3 is 20.1 Å². The van der Waals surface area contributed by atoms with Crippen molar-refractivity contribution in [2.45, 2.75) is 18.1 Å². The molecule has 1 rings (SSSR count). The summed E-state index contributed by atoms with van der Waals surface area (Å²) in [6.45, 7) is -0.824. The van der Waals surface area contributed by atoms with Gasteiger partial charge in [-0.3, -0.25) is 0 Å². The zero-order chi connectivity index (χ0) is 9.35. The van der Waals surface area contributed by atoms with E-state index in [-0.39, 0.29) is 0 Å². The first-order valence-electron chi connectivity index (χ1n) is 3.27. The van der Waals surface area contributed by atoms with Crippen molar-refractivity contribution in [3.8, 4) is 0 Å². The third-order valence-electron chi connectivity index (χ3n) is 1.69. The van der Waals surface area contributed by atoms with Crippen LogP contribution in [-0.2, 0) is 14.3 Å². The molecule has 0 aromatic carbocycles. The van der Waals surface area contributed by atoms with Crippen LogP contribution >= 0.6 is 0 Å². The van der Waals surface area contributed by atoms with E-state index in [0.29, 0.717) is 0 Å². The Hall–Kier alpha value is -1.14. The van der Waals surface area contributed by atoms with Crippen LogP contribution in [0.2, 0.25) is 0 Å². The summed E-state index contributed by atoms with van der Waals surface area (Å²) in [5, 5.41) is 26.1. The highest BCUT2D eigenvalue weighted by molar-refractivity contribution is 5.87. The highest BCUT2D eigenvalue weighted by atomic mass is 16.6. The molecule has 1 saturated heterocycles. The molecule has 3 N–H and O–H groups in total. The number of carboxylic acids is 1. The molecule has 0 aromatic rings. The number of aliphatic hydroxyl groups is 2. The number of carbonyl (C=O) groups is 2. The summed E-state index contributed by atoms with van der Waals surface area (Å²) >= 11 is 0. The van der Waals surface area contributed by atoms with Crippen LogP contribution in [0, 0.1) is 0 Å². The molecule has 1 fully saturated rings. The monoisotopic (exact) mass is 176 g/mol. The summed E-state index contributed by atoms with van der Waals surface area (Å²) in [7, 11) is 0. The second-order valence-corrected chi connectivity index (χ2v) is 2.63. The van der Waals surface area contributed by atoms with Crippen LogP contribution in [0.15, 0.2) is 0 Å². The normalized spacial score (nSPS) is 34.8. The summed E-state index contributed by atoms with van der Waals surface area (Å²) in [5.41, 5.74) is -2.04. The maximum absolute atomic E-state index is 10.7. The number of hydrogen-bond acceptors (Lipinski definition) is 5. The van der Waals surface area contributed by atoms with E-state index in [2.05, 4.69) is 4.74 Å². The molecule has 0 spiro atoms. The summed E-state index contributed by atoms with van der Waals surface area (Å²) in [6.07, 6.45) is -1.76. The number of carbonyl (C=O) groups excluding carboxylic acids is 1. The number of hydrogen-bond donors (Lipinski definition) is 3. The third-order valence-corrected chi connectivity index (χ3v) is 1.69. The van der Waals surface area contributed by atoms with Gasteiger partial charge in [0.2, 0.25) is 6.10 Å². The molecular weight excluding hydrogens is 168 g/mol. The van der Waals surface area contributed by atoms with E-state index >= 15 is 0 Å². The Kier molecular flexibility index (Phi) is 2.03. The Morgan fingerprint density at radius 1 is 1.75 bits per heavy atom. The maximum Gasteiger partial charge on any atom is 0.345 e. The number of carboxylic acid groups (broad SMARTS) is 1. The minimum Gasteiger partial charge on any atom is -0.479 e. The molecule has 1 aliphatic rings. The van der Waals surface area contributed by atoms with Gasteiger partial charge in [0.15, 0.2) is 5.60 Å². The number of aliphatic hydroxyl groups excluding tert-OH is 1. The summed E-state index contributed by atoms with van der Waals surface area (Å²) in [5.74, 6) is -2.41. The predicted molar refractivity (Wildman–Crippen MR) is 34.2 cm³/mol. The smallest absolute Gasteiger partial charge is 0.345 e. The van der Waals surface area contributed by atoms with Crippen molar-refractivity contribution >= 4 is 11.9 Å². The molecule has 2 atom stereocenters. The van der Waals surface area contributed by atoms with Crippen molar-refractivity contribution in [3.63, 3.8) is 0 Å². The Morgan fingerprint density at radius 2 is 2.33 bits per heavy atom. The van der Waals surface area contributed by atoms with Crippen LogP contribution in [-0.4, -0.2) is 45.6 Å². The Morgan fingerprint density at radius 3 is 2.58 bits per heavy atom. The van der Waals surface area contributed by atoms with Gasteiger partial charge in [0, 0.05) is 6.42 Å². The molecule has 6 nitrogen and oxygen atoms in total. The molecule has 68 valence electrons. The number of esters is 1. The van der Waals surface area contributed by atoms with Gasteiger partial charge in [0.1, 0.15) is 0 Å². The van der Waals surface area contributed by atoms with Gasteiger partial charge in [-0.05, 0) is 0 Å². The number of aliphatic carboxylic acids is 1. The van der Waals surface area contributed by atoms with Gasteiger partial charge >= 0.3 is 11.9 Å². The SMILES string of the molecule is O=C(O)C1CC(O)(CO)C(=O)O1. The second-order valence-electron chi connectivity index (χ2n) is 2.63. The standard InChI is InChI=1S/C6H8O6/c7-2-6(11)1-3(4(8)9)12-5(6)10/h3,7,11H,1-2H2,(H,8,9). The van der Waals surface area contributed by atoms with Crippen molar-refractivity contribution in [2.75, 3.05) is 6.61 Å². The van der Waals surface area contributed by atoms with E-state index in [9.17, 15) is 14.7 Å². The van der Waals surface area contributed by atoms with Crippen molar-refractivity contribution in [1.82, 2.24) is 0 Å². The zero-order valence-electron chi connectivity index (χ0n) is 6.06. The third kappa shape index (κ3) is 1.26. The van der Waals surface area contributed by atoms with Gasteiger partial charge in [-0.2, -0.15) is 0 Å². The van der Waals surface area contributed by atoms with Crippen molar-refractivity contribution in [2.24, 2.45) is 0 Å². The minimum atomic E-state index is -2.04. The molecule has 1 heterocycles. The van der Waals surface area contributed by atoms with Crippen molar-refractivity contribution < 1.29 is 29.6 Å². The number of ether oxygens (including phenoxy) is 1. The molecule has 0 aliphatic carbocycles. The molecule has 12 heavy (non-hydrogen) atoms. The van der Waals surface area contributed by atoms with Gasteiger partial charge in [-0.25, -0.2) is 9.59 Å². The first kappa shape index (κ1) is 8.95. The number of cyclic esters (lactones) is 1. The van der Waals surface area contributed by atoms with Crippen LogP contribution in [0.1, 0.15) is 6.42 Å². The fourth-order valence-electron chi connectivity index (χ4n) is 0.937. The quantitative estimate of drug-likeness (QED) is 0.425. The fourth-order valence-corrected chi connectivity index (χ4v) is 0.937. The molecule has 2 unspecified atom stereocenters. The van der Waals surface area contributed by atoms with Gasteiger partial charge in [0.05, 0.1) is 6.61 Å². The van der Waals surface area contributed by atoms with E-state index in [1.165, 1.54) is 0 Å². The lowest BCUT2D eigenvalue weighted by Gasteiger charge is -2.11. The summed E-state index contributed by atoms with van der Waals surface area (Å²) in [4.78, 5) is 21.0. The molecule has 0 aromatic heterocycles. The average Bonchev–Trinajstić information content (AvgIpc) is 2.30. The average molecular weight is 176 g/mol. The molecule has 0 radical (unpaired) electrons. The van der Waals surface area contributed by atoms with E-state index in [1.807, 2.05) is 0 Å². The Bertz CT molecular complexity index is 224. The summed E-state index contributed by atoms with van der Waals surface area (Å²) < 4.78 is 4.28. The first-order chi connectivity index (χ1) is 5.49. The Balaban J connectivity index is 2.75. The van der Waals surface area contributed by atoms with Crippen molar-refractivity contribution in [1.29, 1.82) is 0 Å². The zero-order valence-corrected chi connectivity index (χ0v) is 6.06. The van der Waals surface area contributed by atoms with Gasteiger partial charge in [-0.1, -0.05) is 0 Å². The van der Waals surface area contributed by atoms with Crippen molar-refractivity contribution in [3.05, 3.63) is 0 Å². The first-order valence-corrected chi connectivity index (χ1v) is 3.27. The summed E-state index contributed by atoms with van der Waals surface area (Å²) in [6, 6.07) is 0. The molecule has 0 bridgehead atoms.